The SMILES string of the molecule is Cc1ccc(F)c(-n2c(N)nc3cc(F)ccc32)c1F. The summed E-state index contributed by atoms with van der Waals surface area (Å²) in [7, 11) is 0. The molecule has 6 heteroatoms. The van der Waals surface area contributed by atoms with Crippen molar-refractivity contribution in [1.82, 2.24) is 9.55 Å². The maximum Gasteiger partial charge on any atom is 0.206 e. The highest BCUT2D eigenvalue weighted by atomic mass is 19.1. The fraction of sp³-hybridized carbons (Fsp3) is 0.0714. The monoisotopic (exact) mass is 277 g/mol. The molecular weight excluding hydrogens is 267 g/mol. The van der Waals surface area contributed by atoms with E-state index in [0.717, 1.165) is 16.7 Å². The zero-order chi connectivity index (χ0) is 14.4. The first-order chi connectivity index (χ1) is 9.49. The highest BCUT2D eigenvalue weighted by Crippen LogP contribution is 2.28. The molecule has 0 atom stereocenters. The molecule has 0 bridgehead atoms. The maximum atomic E-state index is 14.2. The van der Waals surface area contributed by atoms with Crippen molar-refractivity contribution < 1.29 is 13.2 Å². The van der Waals surface area contributed by atoms with Crippen LogP contribution in [0.5, 0.6) is 0 Å². The Labute approximate surface area is 112 Å². The first-order valence-electron chi connectivity index (χ1n) is 5.87. The van der Waals surface area contributed by atoms with Gasteiger partial charge in [-0.3, -0.25) is 4.57 Å². The fourth-order valence-corrected chi connectivity index (χ4v) is 2.15. The number of aromatic nitrogens is 2. The van der Waals surface area contributed by atoms with Crippen LogP contribution in [0.15, 0.2) is 30.3 Å². The lowest BCUT2D eigenvalue weighted by Gasteiger charge is -2.10. The van der Waals surface area contributed by atoms with Gasteiger partial charge in [-0.15, -0.1) is 0 Å². The highest BCUT2D eigenvalue weighted by molar-refractivity contribution is 5.81. The Morgan fingerprint density at radius 3 is 2.60 bits per heavy atom. The van der Waals surface area contributed by atoms with Crippen molar-refractivity contribution >= 4 is 17.0 Å². The number of halogens is 3. The second-order valence-electron chi connectivity index (χ2n) is 4.47. The summed E-state index contributed by atoms with van der Waals surface area (Å²) >= 11 is 0. The molecule has 0 aliphatic carbocycles. The van der Waals surface area contributed by atoms with Gasteiger partial charge in [-0.05, 0) is 30.7 Å². The minimum atomic E-state index is -0.761. The van der Waals surface area contributed by atoms with Crippen LogP contribution in [-0.2, 0) is 0 Å². The van der Waals surface area contributed by atoms with Gasteiger partial charge in [-0.25, -0.2) is 18.2 Å². The molecule has 2 aromatic carbocycles. The van der Waals surface area contributed by atoms with E-state index in [1.54, 1.807) is 0 Å². The van der Waals surface area contributed by atoms with Crippen molar-refractivity contribution in [3.05, 3.63) is 53.3 Å². The molecule has 0 spiro atoms. The maximum absolute atomic E-state index is 14.2. The molecule has 1 aromatic heterocycles. The molecule has 0 fully saturated rings. The van der Waals surface area contributed by atoms with Gasteiger partial charge in [0, 0.05) is 6.07 Å². The molecule has 0 aliphatic rings. The molecule has 2 N–H and O–H groups in total. The van der Waals surface area contributed by atoms with Crippen molar-refractivity contribution in [2.45, 2.75) is 6.92 Å². The third-order valence-corrected chi connectivity index (χ3v) is 3.13. The predicted octanol–water partition coefficient (Wildman–Crippen LogP) is 3.33. The molecule has 3 rings (SSSR count). The van der Waals surface area contributed by atoms with Crippen molar-refractivity contribution in [3.8, 4) is 5.69 Å². The lowest BCUT2D eigenvalue weighted by Crippen LogP contribution is -2.06. The standard InChI is InChI=1S/C14H10F3N3/c1-7-2-4-9(16)13(12(7)17)20-11-5-3-8(15)6-10(11)19-14(20)18/h2-6H,1H3,(H2,18,19). The number of aryl methyl sites for hydroxylation is 1. The van der Waals surface area contributed by atoms with Crippen LogP contribution in [0.4, 0.5) is 19.1 Å². The third-order valence-electron chi connectivity index (χ3n) is 3.13. The van der Waals surface area contributed by atoms with Gasteiger partial charge in [-0.2, -0.15) is 0 Å². The van der Waals surface area contributed by atoms with Gasteiger partial charge >= 0.3 is 0 Å². The molecule has 3 nitrogen and oxygen atoms in total. The Bertz CT molecular complexity index is 824. The Morgan fingerprint density at radius 1 is 1.10 bits per heavy atom. The van der Waals surface area contributed by atoms with Gasteiger partial charge in [0.1, 0.15) is 17.3 Å². The van der Waals surface area contributed by atoms with Crippen LogP contribution >= 0.6 is 0 Å². The van der Waals surface area contributed by atoms with Gasteiger partial charge in [0.05, 0.1) is 11.0 Å². The van der Waals surface area contributed by atoms with Crippen molar-refractivity contribution in [3.63, 3.8) is 0 Å². The number of hydrogen-bond acceptors (Lipinski definition) is 2. The summed E-state index contributed by atoms with van der Waals surface area (Å²) < 4.78 is 42.5. The van der Waals surface area contributed by atoms with Gasteiger partial charge in [0.15, 0.2) is 5.82 Å². The smallest absolute Gasteiger partial charge is 0.206 e. The van der Waals surface area contributed by atoms with Gasteiger partial charge < -0.3 is 5.73 Å². The Morgan fingerprint density at radius 2 is 1.85 bits per heavy atom. The summed E-state index contributed by atoms with van der Waals surface area (Å²) in [5, 5.41) is 0. The van der Waals surface area contributed by atoms with Crippen LogP contribution in [0, 0.1) is 24.4 Å². The number of hydrogen-bond donors (Lipinski definition) is 1. The summed E-state index contributed by atoms with van der Waals surface area (Å²) in [6, 6.07) is 6.22. The normalized spacial score (nSPS) is 11.2. The predicted molar refractivity (Wildman–Crippen MR) is 70.1 cm³/mol. The second kappa shape index (κ2) is 4.26. The number of nitrogens with zero attached hydrogens (tertiary/aromatic N) is 2. The molecule has 20 heavy (non-hydrogen) atoms. The highest BCUT2D eigenvalue weighted by Gasteiger charge is 2.19. The van der Waals surface area contributed by atoms with E-state index < -0.39 is 17.5 Å². The molecular formula is C14H10F3N3. The minimum absolute atomic E-state index is 0.103. The Kier molecular flexibility index (Phi) is 2.67. The summed E-state index contributed by atoms with van der Waals surface area (Å²) in [6.07, 6.45) is 0. The second-order valence-corrected chi connectivity index (χ2v) is 4.47. The lowest BCUT2D eigenvalue weighted by molar-refractivity contribution is 0.566. The number of rotatable bonds is 1. The molecule has 0 amide bonds. The van der Waals surface area contributed by atoms with Gasteiger partial charge in [0.2, 0.25) is 5.95 Å². The summed E-state index contributed by atoms with van der Waals surface area (Å²) in [5.41, 5.74) is 6.27. The van der Waals surface area contributed by atoms with E-state index in [-0.39, 0.29) is 22.7 Å². The molecule has 0 saturated carbocycles. The molecule has 0 aliphatic heterocycles. The van der Waals surface area contributed by atoms with E-state index in [1.165, 1.54) is 25.1 Å². The lowest BCUT2D eigenvalue weighted by atomic mass is 10.2. The van der Waals surface area contributed by atoms with Crippen LogP contribution in [0.25, 0.3) is 16.7 Å². The van der Waals surface area contributed by atoms with Crippen molar-refractivity contribution in [2.24, 2.45) is 0 Å². The largest absolute Gasteiger partial charge is 0.369 e. The van der Waals surface area contributed by atoms with Crippen LogP contribution in [0.2, 0.25) is 0 Å². The molecule has 102 valence electrons. The van der Waals surface area contributed by atoms with Crippen molar-refractivity contribution in [2.75, 3.05) is 5.73 Å². The topological polar surface area (TPSA) is 43.8 Å². The number of imidazole rings is 1. The van der Waals surface area contributed by atoms with E-state index in [1.807, 2.05) is 0 Å². The number of nitrogen functional groups attached to an aromatic ring is 1. The molecule has 0 unspecified atom stereocenters. The average Bonchev–Trinajstić information content (AvgIpc) is 2.70. The molecule has 1 heterocycles. The fourth-order valence-electron chi connectivity index (χ4n) is 2.15. The van der Waals surface area contributed by atoms with E-state index in [4.69, 9.17) is 5.73 Å². The number of anilines is 1. The summed E-state index contributed by atoms with van der Waals surface area (Å²) in [6.45, 7) is 1.52. The van der Waals surface area contributed by atoms with Crippen LogP contribution in [-0.4, -0.2) is 9.55 Å². The average molecular weight is 277 g/mol. The number of nitrogens with two attached hydrogens (primary N) is 1. The van der Waals surface area contributed by atoms with Crippen LogP contribution < -0.4 is 5.73 Å². The quantitative estimate of drug-likeness (QED) is 0.741. The van der Waals surface area contributed by atoms with Crippen LogP contribution in [0.1, 0.15) is 5.56 Å². The zero-order valence-corrected chi connectivity index (χ0v) is 10.5. The van der Waals surface area contributed by atoms with E-state index >= 15 is 0 Å². The van der Waals surface area contributed by atoms with E-state index in [2.05, 4.69) is 4.98 Å². The molecule has 0 radical (unpaired) electrons. The number of fused-ring (bicyclic) bond motifs is 1. The zero-order valence-electron chi connectivity index (χ0n) is 10.5. The Hall–Kier alpha value is -2.50. The molecule has 3 aromatic rings. The molecule has 0 saturated heterocycles. The first kappa shape index (κ1) is 12.5. The van der Waals surface area contributed by atoms with Crippen LogP contribution in [0.3, 0.4) is 0 Å². The van der Waals surface area contributed by atoms with E-state index in [9.17, 15) is 13.2 Å². The van der Waals surface area contributed by atoms with Gasteiger partial charge in [0.25, 0.3) is 0 Å². The first-order valence-corrected chi connectivity index (χ1v) is 5.87. The minimum Gasteiger partial charge on any atom is -0.369 e. The summed E-state index contributed by atoms with van der Waals surface area (Å²) in [4.78, 5) is 3.93. The van der Waals surface area contributed by atoms with E-state index in [0.29, 0.717) is 5.52 Å². The van der Waals surface area contributed by atoms with Gasteiger partial charge in [-0.1, -0.05) is 6.07 Å². The third kappa shape index (κ3) is 1.72. The Balaban J connectivity index is 2.41. The van der Waals surface area contributed by atoms with Crippen molar-refractivity contribution in [1.29, 1.82) is 0 Å². The number of benzene rings is 2. The summed E-state index contributed by atoms with van der Waals surface area (Å²) in [5.74, 6) is -2.08.